The Morgan fingerprint density at radius 1 is 0.921 bits per heavy atom. The third kappa shape index (κ3) is 5.42. The van der Waals surface area contributed by atoms with Crippen LogP contribution in [0, 0.1) is 0 Å². The van der Waals surface area contributed by atoms with Gasteiger partial charge in [-0.3, -0.25) is 9.36 Å². The number of unbranched alkanes of at least 4 members (excludes halogenated alkanes) is 1. The minimum absolute atomic E-state index is 0.117. The molecule has 0 aliphatic rings. The van der Waals surface area contributed by atoms with Crippen molar-refractivity contribution in [1.29, 1.82) is 0 Å². The van der Waals surface area contributed by atoms with Gasteiger partial charge in [-0.05, 0) is 59.2 Å². The Kier molecular flexibility index (Phi) is 8.15. The molecule has 2 aromatic heterocycles. The smallest absolute Gasteiger partial charge is 0.323 e. The fraction of sp³-hybridized carbons (Fsp3) is 0.323. The van der Waals surface area contributed by atoms with Crippen LogP contribution < -0.4 is 16.2 Å². The summed E-state index contributed by atoms with van der Waals surface area (Å²) in [7, 11) is 0. The van der Waals surface area contributed by atoms with E-state index in [0.717, 1.165) is 35.0 Å². The number of urea groups is 1. The number of phenols is 1. The number of pyridine rings is 2. The molecule has 2 amide bonds. The number of nitrogens with one attached hydrogen (secondary N) is 2. The third-order valence-corrected chi connectivity index (χ3v) is 6.76. The van der Waals surface area contributed by atoms with Crippen molar-refractivity contribution in [2.45, 2.75) is 65.8 Å². The molecule has 0 aliphatic heterocycles. The van der Waals surface area contributed by atoms with Gasteiger partial charge in [0.05, 0.1) is 0 Å². The standard InChI is InChI=1S/C31H36N4O3/c1-6-7-18-35-29-25(12-9-17-32-29)26(21-13-15-22(36)16-14-21)28(30(35)37)34-31(38)33-27-23(19(2)3)10-8-11-24(27)20(4)5/h8-17,19-20,36H,6-7,18H2,1-5H3,(H2,33,34,38). The molecule has 0 radical (unpaired) electrons. The van der Waals surface area contributed by atoms with Crippen LogP contribution in [0.3, 0.4) is 0 Å². The highest BCUT2D eigenvalue weighted by Gasteiger charge is 2.22. The van der Waals surface area contributed by atoms with Crippen molar-refractivity contribution in [3.63, 3.8) is 0 Å². The van der Waals surface area contributed by atoms with Gasteiger partial charge in [0.2, 0.25) is 0 Å². The molecule has 3 N–H and O–H groups in total. The molecule has 0 saturated carbocycles. The topological polar surface area (TPSA) is 96.2 Å². The van der Waals surface area contributed by atoms with E-state index in [1.807, 2.05) is 30.3 Å². The van der Waals surface area contributed by atoms with E-state index < -0.39 is 6.03 Å². The highest BCUT2D eigenvalue weighted by atomic mass is 16.3. The first kappa shape index (κ1) is 26.9. The van der Waals surface area contributed by atoms with Gasteiger partial charge in [-0.25, -0.2) is 9.78 Å². The first-order valence-electron chi connectivity index (χ1n) is 13.2. The SMILES string of the molecule is CCCCn1c(=O)c(NC(=O)Nc2c(C(C)C)cccc2C(C)C)c(-c2ccc(O)cc2)c2cccnc21. The summed E-state index contributed by atoms with van der Waals surface area (Å²) in [5.74, 6) is 0.523. The Bertz CT molecular complexity index is 1480. The van der Waals surface area contributed by atoms with E-state index in [-0.39, 0.29) is 28.8 Å². The van der Waals surface area contributed by atoms with Gasteiger partial charge in [0.25, 0.3) is 5.56 Å². The maximum atomic E-state index is 13.9. The number of nitrogens with zero attached hydrogens (tertiary/aromatic N) is 2. The summed E-state index contributed by atoms with van der Waals surface area (Å²) >= 11 is 0. The zero-order valence-corrected chi connectivity index (χ0v) is 22.7. The number of hydrogen-bond acceptors (Lipinski definition) is 4. The third-order valence-electron chi connectivity index (χ3n) is 6.76. The van der Waals surface area contributed by atoms with E-state index in [2.05, 4.69) is 50.2 Å². The number of phenolic OH excluding ortho intramolecular Hbond substituents is 1. The summed E-state index contributed by atoms with van der Waals surface area (Å²) in [4.78, 5) is 32.0. The van der Waals surface area contributed by atoms with Crippen molar-refractivity contribution in [3.05, 3.63) is 82.3 Å². The molecule has 0 bridgehead atoms. The summed E-state index contributed by atoms with van der Waals surface area (Å²) in [6.45, 7) is 10.9. The number of amides is 2. The second kappa shape index (κ2) is 11.5. The largest absolute Gasteiger partial charge is 0.508 e. The molecule has 198 valence electrons. The van der Waals surface area contributed by atoms with Gasteiger partial charge in [0.1, 0.15) is 17.1 Å². The molecular formula is C31H36N4O3. The van der Waals surface area contributed by atoms with Gasteiger partial charge in [-0.2, -0.15) is 0 Å². The predicted octanol–water partition coefficient (Wildman–Crippen LogP) is 7.46. The van der Waals surface area contributed by atoms with Crippen molar-refractivity contribution in [1.82, 2.24) is 9.55 Å². The van der Waals surface area contributed by atoms with Gasteiger partial charge in [-0.15, -0.1) is 0 Å². The molecule has 7 heteroatoms. The lowest BCUT2D eigenvalue weighted by Crippen LogP contribution is -2.30. The lowest BCUT2D eigenvalue weighted by atomic mass is 9.93. The Morgan fingerprint density at radius 2 is 1.55 bits per heavy atom. The molecule has 2 heterocycles. The van der Waals surface area contributed by atoms with Crippen LogP contribution in [0.25, 0.3) is 22.2 Å². The van der Waals surface area contributed by atoms with E-state index >= 15 is 0 Å². The molecule has 0 spiro atoms. The molecule has 4 aromatic rings. The summed E-state index contributed by atoms with van der Waals surface area (Å²) in [5, 5.41) is 16.6. The Morgan fingerprint density at radius 3 is 2.16 bits per heavy atom. The Hall–Kier alpha value is -4.13. The zero-order chi connectivity index (χ0) is 27.4. The molecular weight excluding hydrogens is 476 g/mol. The van der Waals surface area contributed by atoms with Gasteiger partial charge in [0.15, 0.2) is 0 Å². The minimum atomic E-state index is -0.484. The monoisotopic (exact) mass is 512 g/mol. The van der Waals surface area contributed by atoms with Crippen molar-refractivity contribution >= 4 is 28.4 Å². The fourth-order valence-corrected chi connectivity index (χ4v) is 4.80. The second-order valence-corrected chi connectivity index (χ2v) is 10.2. The summed E-state index contributed by atoms with van der Waals surface area (Å²) in [6.07, 6.45) is 3.38. The van der Waals surface area contributed by atoms with E-state index in [4.69, 9.17) is 0 Å². The number of hydrogen-bond donors (Lipinski definition) is 3. The molecule has 4 rings (SSSR count). The summed E-state index contributed by atoms with van der Waals surface area (Å²) < 4.78 is 1.64. The highest BCUT2D eigenvalue weighted by Crippen LogP contribution is 2.35. The maximum Gasteiger partial charge on any atom is 0.323 e. The number of carbonyl (C=O) groups is 1. The van der Waals surface area contributed by atoms with Crippen LogP contribution in [0.15, 0.2) is 65.6 Å². The molecule has 2 aromatic carbocycles. The number of aromatic nitrogens is 2. The number of benzene rings is 2. The van der Waals surface area contributed by atoms with Gasteiger partial charge in [-0.1, -0.05) is 71.4 Å². The van der Waals surface area contributed by atoms with Crippen LogP contribution in [0.2, 0.25) is 0 Å². The van der Waals surface area contributed by atoms with Crippen LogP contribution in [-0.4, -0.2) is 20.7 Å². The van der Waals surface area contributed by atoms with Gasteiger partial charge >= 0.3 is 6.03 Å². The number of fused-ring (bicyclic) bond motifs is 1. The van der Waals surface area contributed by atoms with Crippen LogP contribution in [0.4, 0.5) is 16.2 Å². The number of rotatable bonds is 8. The maximum absolute atomic E-state index is 13.9. The number of aromatic hydroxyl groups is 1. The van der Waals surface area contributed by atoms with Crippen LogP contribution in [0.1, 0.15) is 70.4 Å². The van der Waals surface area contributed by atoms with E-state index in [1.165, 1.54) is 0 Å². The van der Waals surface area contributed by atoms with E-state index in [0.29, 0.717) is 23.3 Å². The van der Waals surface area contributed by atoms with Crippen molar-refractivity contribution in [2.75, 3.05) is 10.6 Å². The van der Waals surface area contributed by atoms with Crippen molar-refractivity contribution in [2.24, 2.45) is 0 Å². The Balaban J connectivity index is 1.88. The highest BCUT2D eigenvalue weighted by molar-refractivity contribution is 6.07. The molecule has 38 heavy (non-hydrogen) atoms. The van der Waals surface area contributed by atoms with E-state index in [1.54, 1.807) is 35.0 Å². The number of aryl methyl sites for hydroxylation is 1. The quantitative estimate of drug-likeness (QED) is 0.228. The second-order valence-electron chi connectivity index (χ2n) is 10.2. The molecule has 0 unspecified atom stereocenters. The summed E-state index contributed by atoms with van der Waals surface area (Å²) in [5.41, 5.74) is 4.54. The van der Waals surface area contributed by atoms with Crippen LogP contribution >= 0.6 is 0 Å². The van der Waals surface area contributed by atoms with Gasteiger partial charge in [0, 0.05) is 29.4 Å². The fourth-order valence-electron chi connectivity index (χ4n) is 4.80. The van der Waals surface area contributed by atoms with E-state index in [9.17, 15) is 14.7 Å². The first-order valence-corrected chi connectivity index (χ1v) is 13.2. The van der Waals surface area contributed by atoms with Crippen LogP contribution in [0.5, 0.6) is 5.75 Å². The van der Waals surface area contributed by atoms with Crippen LogP contribution in [-0.2, 0) is 6.54 Å². The number of carbonyl (C=O) groups excluding carboxylic acids is 1. The summed E-state index contributed by atoms with van der Waals surface area (Å²) in [6, 6.07) is 15.9. The average molecular weight is 513 g/mol. The van der Waals surface area contributed by atoms with Crippen molar-refractivity contribution in [3.8, 4) is 16.9 Å². The molecule has 0 atom stereocenters. The normalized spacial score (nSPS) is 11.3. The molecule has 7 nitrogen and oxygen atoms in total. The lowest BCUT2D eigenvalue weighted by Gasteiger charge is -2.21. The average Bonchev–Trinajstić information content (AvgIpc) is 2.89. The lowest BCUT2D eigenvalue weighted by molar-refractivity contribution is 0.262. The number of para-hydroxylation sites is 1. The Labute approximate surface area is 223 Å². The minimum Gasteiger partial charge on any atom is -0.508 e. The first-order chi connectivity index (χ1) is 18.2. The molecule has 0 saturated heterocycles. The van der Waals surface area contributed by atoms with Crippen molar-refractivity contribution < 1.29 is 9.90 Å². The van der Waals surface area contributed by atoms with Gasteiger partial charge < -0.3 is 15.7 Å². The predicted molar refractivity (Wildman–Crippen MR) is 155 cm³/mol. The number of anilines is 2. The zero-order valence-electron chi connectivity index (χ0n) is 22.7. The molecule has 0 fully saturated rings. The molecule has 0 aliphatic carbocycles.